The molecule has 1 heterocycles. The number of anilines is 1. The summed E-state index contributed by atoms with van der Waals surface area (Å²) >= 11 is 0. The first-order chi connectivity index (χ1) is 9.69. The van der Waals surface area contributed by atoms with E-state index in [0.717, 1.165) is 37.4 Å². The Hall–Kier alpha value is -1.87. The number of aromatic nitrogens is 1. The van der Waals surface area contributed by atoms with E-state index in [1.54, 1.807) is 0 Å². The molecule has 106 valence electrons. The molecule has 3 heteroatoms. The highest BCUT2D eigenvalue weighted by Crippen LogP contribution is 2.13. The number of benzene rings is 1. The van der Waals surface area contributed by atoms with Crippen LogP contribution >= 0.6 is 0 Å². The van der Waals surface area contributed by atoms with Crippen LogP contribution in [0.4, 0.5) is 5.69 Å². The predicted molar refractivity (Wildman–Crippen MR) is 84.2 cm³/mol. The maximum atomic E-state index is 5.85. The molecule has 0 saturated carbocycles. The lowest BCUT2D eigenvalue weighted by Gasteiger charge is -2.22. The quantitative estimate of drug-likeness (QED) is 0.817. The summed E-state index contributed by atoms with van der Waals surface area (Å²) in [5.41, 5.74) is 10.3. The maximum absolute atomic E-state index is 5.85. The lowest BCUT2D eigenvalue weighted by atomic mass is 10.1. The van der Waals surface area contributed by atoms with E-state index in [1.165, 1.54) is 11.1 Å². The van der Waals surface area contributed by atoms with Gasteiger partial charge in [0.05, 0.1) is 5.69 Å². The van der Waals surface area contributed by atoms with E-state index in [9.17, 15) is 0 Å². The van der Waals surface area contributed by atoms with E-state index < -0.39 is 0 Å². The SMILES string of the molecule is CCCN(Cc1cccc(N)c1)Cc1ncccc1C. The second kappa shape index (κ2) is 7.06. The van der Waals surface area contributed by atoms with Gasteiger partial charge in [-0.05, 0) is 49.2 Å². The Morgan fingerprint density at radius 2 is 2.00 bits per heavy atom. The van der Waals surface area contributed by atoms with Crippen LogP contribution < -0.4 is 5.73 Å². The van der Waals surface area contributed by atoms with Gasteiger partial charge in [0.15, 0.2) is 0 Å². The summed E-state index contributed by atoms with van der Waals surface area (Å²) in [5, 5.41) is 0. The molecule has 0 radical (unpaired) electrons. The Bertz CT molecular complexity index is 551. The number of aryl methyl sites for hydroxylation is 1. The fourth-order valence-corrected chi connectivity index (χ4v) is 2.38. The fraction of sp³-hybridized carbons (Fsp3) is 0.353. The van der Waals surface area contributed by atoms with Crippen molar-refractivity contribution < 1.29 is 0 Å². The summed E-state index contributed by atoms with van der Waals surface area (Å²) in [6.07, 6.45) is 3.00. The Labute approximate surface area is 121 Å². The zero-order valence-corrected chi connectivity index (χ0v) is 12.3. The molecule has 0 saturated heterocycles. The zero-order chi connectivity index (χ0) is 14.4. The van der Waals surface area contributed by atoms with Crippen LogP contribution in [0.25, 0.3) is 0 Å². The van der Waals surface area contributed by atoms with Gasteiger partial charge in [-0.15, -0.1) is 0 Å². The Morgan fingerprint density at radius 3 is 2.70 bits per heavy atom. The van der Waals surface area contributed by atoms with Gasteiger partial charge in [-0.2, -0.15) is 0 Å². The van der Waals surface area contributed by atoms with Crippen LogP contribution in [0.2, 0.25) is 0 Å². The molecule has 0 aliphatic rings. The molecule has 3 nitrogen and oxygen atoms in total. The second-order valence-corrected chi connectivity index (χ2v) is 5.22. The molecule has 0 aliphatic carbocycles. The first-order valence-electron chi connectivity index (χ1n) is 7.16. The minimum atomic E-state index is 0.827. The van der Waals surface area contributed by atoms with Crippen molar-refractivity contribution in [2.45, 2.75) is 33.4 Å². The number of nitrogens with two attached hydrogens (primary N) is 1. The summed E-state index contributed by atoms with van der Waals surface area (Å²) in [6.45, 7) is 7.18. The molecule has 0 spiro atoms. The summed E-state index contributed by atoms with van der Waals surface area (Å²) in [6, 6.07) is 12.2. The van der Waals surface area contributed by atoms with E-state index in [0.29, 0.717) is 0 Å². The third kappa shape index (κ3) is 4.07. The van der Waals surface area contributed by atoms with Crippen LogP contribution in [0.3, 0.4) is 0 Å². The Balaban J connectivity index is 2.09. The summed E-state index contributed by atoms with van der Waals surface area (Å²) in [4.78, 5) is 6.91. The van der Waals surface area contributed by atoms with Gasteiger partial charge in [0.2, 0.25) is 0 Å². The number of pyridine rings is 1. The number of hydrogen-bond acceptors (Lipinski definition) is 3. The highest BCUT2D eigenvalue weighted by atomic mass is 15.1. The van der Waals surface area contributed by atoms with Gasteiger partial charge in [0, 0.05) is 25.0 Å². The second-order valence-electron chi connectivity index (χ2n) is 5.22. The zero-order valence-electron chi connectivity index (χ0n) is 12.3. The topological polar surface area (TPSA) is 42.1 Å². The molecule has 2 rings (SSSR count). The summed E-state index contributed by atoms with van der Waals surface area (Å²) in [5.74, 6) is 0. The van der Waals surface area contributed by atoms with Gasteiger partial charge in [-0.3, -0.25) is 9.88 Å². The third-order valence-electron chi connectivity index (χ3n) is 3.39. The molecule has 0 atom stereocenters. The van der Waals surface area contributed by atoms with Crippen molar-refractivity contribution in [1.29, 1.82) is 0 Å². The minimum Gasteiger partial charge on any atom is -0.399 e. The highest BCUT2D eigenvalue weighted by Gasteiger charge is 2.09. The van der Waals surface area contributed by atoms with E-state index in [-0.39, 0.29) is 0 Å². The highest BCUT2D eigenvalue weighted by molar-refractivity contribution is 5.40. The van der Waals surface area contributed by atoms with E-state index in [1.807, 2.05) is 30.5 Å². The minimum absolute atomic E-state index is 0.827. The van der Waals surface area contributed by atoms with Crippen LogP contribution in [0.15, 0.2) is 42.6 Å². The van der Waals surface area contributed by atoms with Crippen molar-refractivity contribution in [2.75, 3.05) is 12.3 Å². The van der Waals surface area contributed by atoms with Gasteiger partial charge in [0.25, 0.3) is 0 Å². The van der Waals surface area contributed by atoms with Crippen LogP contribution in [-0.2, 0) is 13.1 Å². The van der Waals surface area contributed by atoms with E-state index >= 15 is 0 Å². The normalized spacial score (nSPS) is 10.9. The van der Waals surface area contributed by atoms with Gasteiger partial charge in [-0.1, -0.05) is 25.1 Å². The van der Waals surface area contributed by atoms with Crippen molar-refractivity contribution in [3.05, 3.63) is 59.4 Å². The summed E-state index contributed by atoms with van der Waals surface area (Å²) < 4.78 is 0. The van der Waals surface area contributed by atoms with Crippen LogP contribution in [0, 0.1) is 6.92 Å². The molecule has 2 aromatic rings. The van der Waals surface area contributed by atoms with E-state index in [4.69, 9.17) is 5.73 Å². The van der Waals surface area contributed by atoms with Crippen molar-refractivity contribution in [3.8, 4) is 0 Å². The summed E-state index contributed by atoms with van der Waals surface area (Å²) in [7, 11) is 0. The number of rotatable bonds is 6. The molecule has 0 bridgehead atoms. The van der Waals surface area contributed by atoms with Crippen LogP contribution in [0.1, 0.15) is 30.2 Å². The molecule has 1 aromatic heterocycles. The van der Waals surface area contributed by atoms with Gasteiger partial charge in [-0.25, -0.2) is 0 Å². The van der Waals surface area contributed by atoms with Gasteiger partial charge in [0.1, 0.15) is 0 Å². The molecule has 2 N–H and O–H groups in total. The fourth-order valence-electron chi connectivity index (χ4n) is 2.38. The lowest BCUT2D eigenvalue weighted by molar-refractivity contribution is 0.254. The lowest BCUT2D eigenvalue weighted by Crippen LogP contribution is -2.24. The van der Waals surface area contributed by atoms with Crippen molar-refractivity contribution in [1.82, 2.24) is 9.88 Å². The first kappa shape index (κ1) is 14.5. The van der Waals surface area contributed by atoms with Crippen LogP contribution in [-0.4, -0.2) is 16.4 Å². The molecular weight excluding hydrogens is 246 g/mol. The Kier molecular flexibility index (Phi) is 5.13. The standard InChI is InChI=1S/C17H23N3/c1-3-10-20(12-15-7-4-8-16(18)11-15)13-17-14(2)6-5-9-19-17/h4-9,11H,3,10,12-13,18H2,1-2H3. The number of hydrogen-bond donors (Lipinski definition) is 1. The first-order valence-corrected chi connectivity index (χ1v) is 7.16. The molecule has 0 fully saturated rings. The molecule has 0 amide bonds. The largest absolute Gasteiger partial charge is 0.399 e. The van der Waals surface area contributed by atoms with Gasteiger partial charge >= 0.3 is 0 Å². The third-order valence-corrected chi connectivity index (χ3v) is 3.39. The monoisotopic (exact) mass is 269 g/mol. The molecule has 1 aromatic carbocycles. The number of nitrogens with zero attached hydrogens (tertiary/aromatic N) is 2. The molecule has 0 unspecified atom stereocenters. The number of nitrogen functional groups attached to an aromatic ring is 1. The molecular formula is C17H23N3. The molecule has 0 aliphatic heterocycles. The van der Waals surface area contributed by atoms with Crippen molar-refractivity contribution in [3.63, 3.8) is 0 Å². The van der Waals surface area contributed by atoms with Crippen molar-refractivity contribution >= 4 is 5.69 Å². The predicted octanol–water partition coefficient (Wildman–Crippen LogP) is 3.38. The Morgan fingerprint density at radius 1 is 1.15 bits per heavy atom. The van der Waals surface area contributed by atoms with Crippen molar-refractivity contribution in [2.24, 2.45) is 0 Å². The maximum Gasteiger partial charge on any atom is 0.0573 e. The van der Waals surface area contributed by atoms with Gasteiger partial charge < -0.3 is 5.73 Å². The van der Waals surface area contributed by atoms with E-state index in [2.05, 4.69) is 35.9 Å². The smallest absolute Gasteiger partial charge is 0.0573 e. The average Bonchev–Trinajstić information content (AvgIpc) is 2.42. The molecule has 20 heavy (non-hydrogen) atoms. The average molecular weight is 269 g/mol. The van der Waals surface area contributed by atoms with Crippen LogP contribution in [0.5, 0.6) is 0 Å².